The molecule has 0 radical (unpaired) electrons. The zero-order valence-electron chi connectivity index (χ0n) is 26.4. The van der Waals surface area contributed by atoms with Gasteiger partial charge in [-0.05, 0) is 115 Å². The Labute approximate surface area is 275 Å². The van der Waals surface area contributed by atoms with Gasteiger partial charge in [0.05, 0.1) is 32.5 Å². The molecule has 0 saturated heterocycles. The minimum atomic E-state index is -3.74. The van der Waals surface area contributed by atoms with Crippen molar-refractivity contribution in [3.05, 3.63) is 132 Å². The van der Waals surface area contributed by atoms with Crippen LogP contribution in [0.5, 0.6) is 0 Å². The quantitative estimate of drug-likeness (QED) is 0.134. The smallest absolute Gasteiger partial charge is 0.206 e. The molecule has 0 bridgehead atoms. The van der Waals surface area contributed by atoms with Crippen molar-refractivity contribution in [1.82, 2.24) is 0 Å². The number of benzene rings is 6. The Kier molecular flexibility index (Phi) is 9.90. The molecule has 0 atom stereocenters. The van der Waals surface area contributed by atoms with E-state index in [0.717, 1.165) is 59.6 Å². The van der Waals surface area contributed by atoms with Gasteiger partial charge in [-0.25, -0.2) is 8.42 Å². The molecule has 0 aliphatic heterocycles. The van der Waals surface area contributed by atoms with Gasteiger partial charge in [-0.3, -0.25) is 0 Å². The molecule has 0 spiro atoms. The molecule has 0 unspecified atom stereocenters. The van der Waals surface area contributed by atoms with Gasteiger partial charge in [-0.1, -0.05) is 74.0 Å². The molecule has 8 heteroatoms. The van der Waals surface area contributed by atoms with E-state index >= 15 is 0 Å². The number of nitrogens with zero attached hydrogens (tertiary/aromatic N) is 4. The summed E-state index contributed by atoms with van der Waals surface area (Å²) >= 11 is 0. The maximum Gasteiger partial charge on any atom is 0.206 e. The lowest BCUT2D eigenvalue weighted by molar-refractivity contribution is 0.596. The molecule has 0 aliphatic carbocycles. The van der Waals surface area contributed by atoms with Crippen LogP contribution < -0.4 is 5.73 Å². The maximum atomic E-state index is 13.4. The van der Waals surface area contributed by atoms with Crippen LogP contribution in [0.2, 0.25) is 0 Å². The van der Waals surface area contributed by atoms with Crippen LogP contribution in [0.1, 0.15) is 37.3 Å². The molecule has 236 valence electrons. The third kappa shape index (κ3) is 7.19. The molecule has 6 aromatic carbocycles. The van der Waals surface area contributed by atoms with E-state index in [1.54, 1.807) is 48.5 Å². The van der Waals surface area contributed by atoms with E-state index in [4.69, 9.17) is 5.73 Å². The van der Waals surface area contributed by atoms with E-state index in [1.807, 2.05) is 42.5 Å². The van der Waals surface area contributed by atoms with Crippen molar-refractivity contribution < 1.29 is 8.42 Å². The molecule has 0 heterocycles. The van der Waals surface area contributed by atoms with Gasteiger partial charge in [-0.15, -0.1) is 10.2 Å². The summed E-state index contributed by atoms with van der Waals surface area (Å²) < 4.78 is 26.8. The fourth-order valence-electron chi connectivity index (χ4n) is 5.70. The van der Waals surface area contributed by atoms with E-state index in [0.29, 0.717) is 17.9 Å². The molecule has 6 rings (SSSR count). The molecule has 6 aromatic rings. The lowest BCUT2D eigenvalue weighted by Crippen LogP contribution is -2.01. The van der Waals surface area contributed by atoms with Crippen molar-refractivity contribution >= 4 is 54.1 Å². The summed E-state index contributed by atoms with van der Waals surface area (Å²) in [6.45, 7) is 2.84. The number of unbranched alkanes of at least 4 members (excludes halogenated alkanes) is 1. The number of azo groups is 2. The largest absolute Gasteiger partial charge is 0.330 e. The number of nitrogens with two attached hydrogens (primary N) is 1. The van der Waals surface area contributed by atoms with Gasteiger partial charge < -0.3 is 5.73 Å². The van der Waals surface area contributed by atoms with Crippen LogP contribution in [0.4, 0.5) is 22.7 Å². The third-order valence-corrected chi connectivity index (χ3v) is 10.1. The molecular weight excluding hydrogens is 603 g/mol. The highest BCUT2D eigenvalue weighted by atomic mass is 32.2. The highest BCUT2D eigenvalue weighted by Gasteiger charge is 2.17. The van der Waals surface area contributed by atoms with Gasteiger partial charge in [0.15, 0.2) is 0 Å². The lowest BCUT2D eigenvalue weighted by atomic mass is 9.99. The van der Waals surface area contributed by atoms with Gasteiger partial charge in [-0.2, -0.15) is 10.2 Å². The summed E-state index contributed by atoms with van der Waals surface area (Å²) in [6, 6.07) is 37.4. The predicted octanol–water partition coefficient (Wildman–Crippen LogP) is 10.9. The highest BCUT2D eigenvalue weighted by molar-refractivity contribution is 7.91. The van der Waals surface area contributed by atoms with Crippen LogP contribution >= 0.6 is 0 Å². The molecule has 0 amide bonds. The minimum absolute atomic E-state index is 0.176. The van der Waals surface area contributed by atoms with Crippen LogP contribution in [0.3, 0.4) is 0 Å². The first-order valence-corrected chi connectivity index (χ1v) is 17.5. The van der Waals surface area contributed by atoms with E-state index in [9.17, 15) is 8.42 Å². The molecule has 0 aromatic heterocycles. The van der Waals surface area contributed by atoms with Crippen molar-refractivity contribution in [2.24, 2.45) is 26.2 Å². The lowest BCUT2D eigenvalue weighted by Gasteiger charge is -2.08. The molecule has 0 saturated carbocycles. The zero-order valence-corrected chi connectivity index (χ0v) is 27.2. The number of hydrogen-bond acceptors (Lipinski definition) is 7. The van der Waals surface area contributed by atoms with Crippen LogP contribution in [0.15, 0.2) is 152 Å². The number of aryl methyl sites for hydroxylation is 2. The summed E-state index contributed by atoms with van der Waals surface area (Å²) in [7, 11) is -3.74. The second kappa shape index (κ2) is 14.6. The first-order valence-electron chi connectivity index (χ1n) is 16.0. The standard InChI is InChI=1S/C39H37N5O2S/c1-2-3-9-28-15-25-38(36-13-6-4-11-34(28)36)43-41-30-17-21-32(22-18-30)47(45,46)33-23-19-31(20-24-33)42-44-39-26-16-29(10-8-27-40)35-12-5-7-14-37(35)39/h4-7,11-26H,2-3,8-10,27,40H2,1H3. The van der Waals surface area contributed by atoms with E-state index in [-0.39, 0.29) is 9.79 Å². The maximum absolute atomic E-state index is 13.4. The van der Waals surface area contributed by atoms with Crippen molar-refractivity contribution in [2.75, 3.05) is 6.54 Å². The molecule has 2 N–H and O–H groups in total. The Balaban J connectivity index is 1.17. The minimum Gasteiger partial charge on any atom is -0.330 e. The Bertz CT molecular complexity index is 2020. The van der Waals surface area contributed by atoms with Gasteiger partial charge in [0.25, 0.3) is 0 Å². The average molecular weight is 640 g/mol. The fraction of sp³-hybridized carbons (Fsp3) is 0.179. The Hall–Kier alpha value is -5.05. The number of fused-ring (bicyclic) bond motifs is 2. The van der Waals surface area contributed by atoms with Gasteiger partial charge in [0, 0.05) is 10.8 Å². The van der Waals surface area contributed by atoms with Crippen LogP contribution in [-0.4, -0.2) is 15.0 Å². The van der Waals surface area contributed by atoms with Crippen molar-refractivity contribution in [3.8, 4) is 0 Å². The average Bonchev–Trinajstić information content (AvgIpc) is 3.12. The molecule has 47 heavy (non-hydrogen) atoms. The van der Waals surface area contributed by atoms with Crippen LogP contribution in [0.25, 0.3) is 21.5 Å². The van der Waals surface area contributed by atoms with E-state index in [1.165, 1.54) is 16.5 Å². The Morgan fingerprint density at radius 2 is 0.936 bits per heavy atom. The van der Waals surface area contributed by atoms with Crippen molar-refractivity contribution in [1.29, 1.82) is 0 Å². The third-order valence-electron chi connectivity index (χ3n) is 8.27. The first kappa shape index (κ1) is 31.9. The van der Waals surface area contributed by atoms with Gasteiger partial charge in [0.2, 0.25) is 9.84 Å². The highest BCUT2D eigenvalue weighted by Crippen LogP contribution is 2.33. The normalized spacial score (nSPS) is 12.1. The summed E-state index contributed by atoms with van der Waals surface area (Å²) in [5.74, 6) is 0. The second-order valence-electron chi connectivity index (χ2n) is 11.5. The number of hydrogen-bond donors (Lipinski definition) is 1. The number of rotatable bonds is 12. The van der Waals surface area contributed by atoms with E-state index < -0.39 is 9.84 Å². The number of sulfone groups is 1. The fourth-order valence-corrected chi connectivity index (χ4v) is 6.97. The predicted molar refractivity (Wildman–Crippen MR) is 191 cm³/mol. The monoisotopic (exact) mass is 639 g/mol. The first-order chi connectivity index (χ1) is 23.0. The SMILES string of the molecule is CCCCc1ccc(N=Nc2ccc(S(=O)(=O)c3ccc(N=Nc4ccc(CCCN)c5ccccc45)cc3)cc2)c2ccccc12. The summed E-state index contributed by atoms with van der Waals surface area (Å²) in [4.78, 5) is 0.355. The van der Waals surface area contributed by atoms with Crippen LogP contribution in [0, 0.1) is 0 Å². The summed E-state index contributed by atoms with van der Waals surface area (Å²) in [6.07, 6.45) is 5.13. The van der Waals surface area contributed by atoms with Crippen molar-refractivity contribution in [3.63, 3.8) is 0 Å². The second-order valence-corrected chi connectivity index (χ2v) is 13.4. The molecule has 0 aliphatic rings. The summed E-state index contributed by atoms with van der Waals surface area (Å²) in [5.41, 5.74) is 10.9. The Morgan fingerprint density at radius 1 is 0.511 bits per heavy atom. The van der Waals surface area contributed by atoms with Gasteiger partial charge >= 0.3 is 0 Å². The zero-order chi connectivity index (χ0) is 32.6. The molecule has 0 fully saturated rings. The summed E-state index contributed by atoms with van der Waals surface area (Å²) in [5, 5.41) is 22.2. The molecule has 7 nitrogen and oxygen atoms in total. The van der Waals surface area contributed by atoms with Gasteiger partial charge in [0.1, 0.15) is 0 Å². The van der Waals surface area contributed by atoms with Crippen LogP contribution in [-0.2, 0) is 22.7 Å². The molecular formula is C39H37N5O2S. The van der Waals surface area contributed by atoms with Crippen molar-refractivity contribution in [2.45, 2.75) is 48.8 Å². The Morgan fingerprint density at radius 3 is 1.36 bits per heavy atom. The topological polar surface area (TPSA) is 110 Å². The van der Waals surface area contributed by atoms with E-state index in [2.05, 4.69) is 57.7 Å².